The lowest BCUT2D eigenvalue weighted by Crippen LogP contribution is -2.15. The van der Waals surface area contributed by atoms with Gasteiger partial charge >= 0.3 is 0 Å². The van der Waals surface area contributed by atoms with Gasteiger partial charge < -0.3 is 4.74 Å². The lowest BCUT2D eigenvalue weighted by atomic mass is 9.85. The summed E-state index contributed by atoms with van der Waals surface area (Å²) in [4.78, 5) is 0.0454. The van der Waals surface area contributed by atoms with Crippen LogP contribution in [-0.2, 0) is 10.0 Å². The molecule has 0 bridgehead atoms. The molecular weight excluding hydrogens is 376 g/mol. The van der Waals surface area contributed by atoms with Crippen LogP contribution in [0.15, 0.2) is 41.4 Å². The SMILES string of the molecule is COc1ccc(S(=O)(=O)Nc2cccn3c(C4CCC4)nnc23)cc1Cl. The fourth-order valence-corrected chi connectivity index (χ4v) is 4.39. The van der Waals surface area contributed by atoms with Gasteiger partial charge in [-0.25, -0.2) is 8.42 Å². The number of hydrogen-bond acceptors (Lipinski definition) is 5. The van der Waals surface area contributed by atoms with Crippen molar-refractivity contribution in [3.05, 3.63) is 47.4 Å². The molecule has 9 heteroatoms. The Balaban J connectivity index is 1.70. The van der Waals surface area contributed by atoms with Crippen molar-refractivity contribution >= 4 is 33.0 Å². The number of benzene rings is 1. The van der Waals surface area contributed by atoms with Crippen LogP contribution in [0.1, 0.15) is 31.0 Å². The van der Waals surface area contributed by atoms with Gasteiger partial charge in [0, 0.05) is 12.1 Å². The minimum atomic E-state index is -3.83. The van der Waals surface area contributed by atoms with Gasteiger partial charge in [0.1, 0.15) is 11.6 Å². The predicted octanol–water partition coefficient (Wildman–Crippen LogP) is 3.46. The van der Waals surface area contributed by atoms with E-state index in [1.807, 2.05) is 10.6 Å². The second kappa shape index (κ2) is 6.44. The minimum absolute atomic E-state index is 0.0454. The number of aromatic nitrogens is 3. The summed E-state index contributed by atoms with van der Waals surface area (Å²) in [5.41, 5.74) is 0.857. The fraction of sp³-hybridized carbons (Fsp3) is 0.294. The van der Waals surface area contributed by atoms with E-state index in [-0.39, 0.29) is 9.92 Å². The van der Waals surface area contributed by atoms with Crippen molar-refractivity contribution in [3.8, 4) is 5.75 Å². The number of fused-ring (bicyclic) bond motifs is 1. The third-order valence-corrected chi connectivity index (χ3v) is 6.27. The van der Waals surface area contributed by atoms with E-state index in [1.54, 1.807) is 12.1 Å². The van der Waals surface area contributed by atoms with Gasteiger partial charge in [0.2, 0.25) is 0 Å². The van der Waals surface area contributed by atoms with Crippen molar-refractivity contribution in [2.75, 3.05) is 11.8 Å². The van der Waals surface area contributed by atoms with Gasteiger partial charge in [0.05, 0.1) is 22.7 Å². The van der Waals surface area contributed by atoms with Crippen molar-refractivity contribution in [3.63, 3.8) is 0 Å². The number of rotatable bonds is 5. The molecule has 7 nitrogen and oxygen atoms in total. The van der Waals surface area contributed by atoms with Crippen molar-refractivity contribution in [2.45, 2.75) is 30.1 Å². The average Bonchev–Trinajstić information content (AvgIpc) is 2.98. The number of nitrogens with one attached hydrogen (secondary N) is 1. The van der Waals surface area contributed by atoms with Crippen molar-refractivity contribution < 1.29 is 13.2 Å². The van der Waals surface area contributed by atoms with E-state index >= 15 is 0 Å². The zero-order chi connectivity index (χ0) is 18.3. The molecule has 2 aromatic heterocycles. The van der Waals surface area contributed by atoms with E-state index in [4.69, 9.17) is 16.3 Å². The molecule has 0 radical (unpaired) electrons. The maximum Gasteiger partial charge on any atom is 0.262 e. The molecule has 4 rings (SSSR count). The Morgan fingerprint density at radius 3 is 2.73 bits per heavy atom. The molecule has 1 fully saturated rings. The van der Waals surface area contributed by atoms with Crippen LogP contribution in [0, 0.1) is 0 Å². The van der Waals surface area contributed by atoms with E-state index in [0.717, 1.165) is 18.7 Å². The molecule has 0 aliphatic heterocycles. The summed E-state index contributed by atoms with van der Waals surface area (Å²) < 4.78 is 35.0. The monoisotopic (exact) mass is 392 g/mol. The topological polar surface area (TPSA) is 85.6 Å². The lowest BCUT2D eigenvalue weighted by molar-refractivity contribution is 0.399. The van der Waals surface area contributed by atoms with Gasteiger partial charge in [0.25, 0.3) is 10.0 Å². The molecule has 1 N–H and O–H groups in total. The molecular formula is C17H17ClN4O3S. The Morgan fingerprint density at radius 1 is 1.27 bits per heavy atom. The smallest absolute Gasteiger partial charge is 0.262 e. The highest BCUT2D eigenvalue weighted by Gasteiger charge is 2.26. The first-order valence-electron chi connectivity index (χ1n) is 8.19. The zero-order valence-corrected chi connectivity index (χ0v) is 15.6. The number of halogens is 1. The molecule has 0 unspecified atom stereocenters. The molecule has 2 heterocycles. The second-order valence-corrected chi connectivity index (χ2v) is 8.29. The van der Waals surface area contributed by atoms with Crippen LogP contribution in [0.3, 0.4) is 0 Å². The quantitative estimate of drug-likeness (QED) is 0.718. The van der Waals surface area contributed by atoms with Crippen LogP contribution in [0.2, 0.25) is 5.02 Å². The van der Waals surface area contributed by atoms with E-state index in [2.05, 4.69) is 14.9 Å². The van der Waals surface area contributed by atoms with Gasteiger partial charge in [-0.15, -0.1) is 10.2 Å². The molecule has 1 aromatic carbocycles. The highest BCUT2D eigenvalue weighted by atomic mass is 35.5. The maximum atomic E-state index is 12.7. The number of nitrogens with zero attached hydrogens (tertiary/aromatic N) is 3. The van der Waals surface area contributed by atoms with Crippen LogP contribution in [0.25, 0.3) is 5.65 Å². The molecule has 136 valence electrons. The summed E-state index contributed by atoms with van der Waals surface area (Å²) in [6.45, 7) is 0. The molecule has 26 heavy (non-hydrogen) atoms. The molecule has 0 saturated heterocycles. The molecule has 3 aromatic rings. The first-order chi connectivity index (χ1) is 12.5. The second-order valence-electron chi connectivity index (χ2n) is 6.20. The number of pyridine rings is 1. The summed E-state index contributed by atoms with van der Waals surface area (Å²) in [5.74, 6) is 1.67. The van der Waals surface area contributed by atoms with Crippen LogP contribution in [0.4, 0.5) is 5.69 Å². The Kier molecular flexibility index (Phi) is 4.24. The van der Waals surface area contributed by atoms with Crippen molar-refractivity contribution in [2.24, 2.45) is 0 Å². The van der Waals surface area contributed by atoms with Gasteiger partial charge in [-0.1, -0.05) is 18.0 Å². The van der Waals surface area contributed by atoms with E-state index < -0.39 is 10.0 Å². The van der Waals surface area contributed by atoms with Gasteiger partial charge in [-0.3, -0.25) is 9.12 Å². The fourth-order valence-electron chi connectivity index (χ4n) is 2.98. The predicted molar refractivity (Wildman–Crippen MR) is 98.4 cm³/mol. The zero-order valence-electron chi connectivity index (χ0n) is 14.0. The Labute approximate surface area is 156 Å². The van der Waals surface area contributed by atoms with E-state index in [1.165, 1.54) is 31.7 Å². The third-order valence-electron chi connectivity index (χ3n) is 4.61. The Hall–Kier alpha value is -2.32. The highest BCUT2D eigenvalue weighted by Crippen LogP contribution is 2.36. The van der Waals surface area contributed by atoms with E-state index in [0.29, 0.717) is 23.0 Å². The molecule has 1 saturated carbocycles. The van der Waals surface area contributed by atoms with Crippen LogP contribution in [-0.4, -0.2) is 30.1 Å². The number of methoxy groups -OCH3 is 1. The number of ether oxygens (including phenoxy) is 1. The summed E-state index contributed by atoms with van der Waals surface area (Å²) >= 11 is 6.05. The summed E-state index contributed by atoms with van der Waals surface area (Å²) in [7, 11) is -2.35. The summed E-state index contributed by atoms with van der Waals surface area (Å²) in [6.07, 6.45) is 5.21. The number of hydrogen-bond donors (Lipinski definition) is 1. The van der Waals surface area contributed by atoms with Gasteiger partial charge in [-0.05, 0) is 43.2 Å². The maximum absolute atomic E-state index is 12.7. The molecule has 1 aliphatic rings. The molecule has 0 spiro atoms. The van der Waals surface area contributed by atoms with Crippen LogP contribution >= 0.6 is 11.6 Å². The van der Waals surface area contributed by atoms with Crippen LogP contribution < -0.4 is 9.46 Å². The van der Waals surface area contributed by atoms with Crippen molar-refractivity contribution in [1.82, 2.24) is 14.6 Å². The molecule has 0 amide bonds. The average molecular weight is 393 g/mol. The van der Waals surface area contributed by atoms with Gasteiger partial charge in [0.15, 0.2) is 5.65 Å². The third kappa shape index (κ3) is 2.89. The summed E-state index contributed by atoms with van der Waals surface area (Å²) in [5, 5.41) is 8.67. The minimum Gasteiger partial charge on any atom is -0.495 e. The first-order valence-corrected chi connectivity index (χ1v) is 10.1. The van der Waals surface area contributed by atoms with Crippen molar-refractivity contribution in [1.29, 1.82) is 0 Å². The number of sulfonamides is 1. The molecule has 1 aliphatic carbocycles. The molecule has 0 atom stereocenters. The Bertz CT molecular complexity index is 1080. The highest BCUT2D eigenvalue weighted by molar-refractivity contribution is 7.92. The largest absolute Gasteiger partial charge is 0.495 e. The Morgan fingerprint density at radius 2 is 2.08 bits per heavy atom. The van der Waals surface area contributed by atoms with Gasteiger partial charge in [-0.2, -0.15) is 0 Å². The van der Waals surface area contributed by atoms with E-state index in [9.17, 15) is 8.42 Å². The normalized spacial score (nSPS) is 15.0. The number of anilines is 1. The summed E-state index contributed by atoms with van der Waals surface area (Å²) in [6, 6.07) is 7.75. The lowest BCUT2D eigenvalue weighted by Gasteiger charge is -2.23. The standard InChI is InChI=1S/C17H17ClN4O3S/c1-25-15-8-7-12(10-13(15)18)26(23,24)21-14-6-3-9-22-16(11-4-2-5-11)19-20-17(14)22/h3,6-11,21H,2,4-5H2,1H3. The first kappa shape index (κ1) is 17.1. The van der Waals surface area contributed by atoms with Crippen LogP contribution in [0.5, 0.6) is 5.75 Å².